The van der Waals surface area contributed by atoms with Gasteiger partial charge in [0, 0.05) is 4.88 Å². The van der Waals surface area contributed by atoms with Crippen LogP contribution in [0.4, 0.5) is 4.39 Å². The van der Waals surface area contributed by atoms with E-state index in [1.165, 1.54) is 26.8 Å². The van der Waals surface area contributed by atoms with Crippen LogP contribution in [0.5, 0.6) is 0 Å². The predicted octanol–water partition coefficient (Wildman–Crippen LogP) is 4.47. The van der Waals surface area contributed by atoms with Crippen molar-refractivity contribution in [3.63, 3.8) is 0 Å². The van der Waals surface area contributed by atoms with Crippen molar-refractivity contribution in [2.24, 2.45) is 0 Å². The number of para-hydroxylation sites is 1. The summed E-state index contributed by atoms with van der Waals surface area (Å²) >= 11 is 2.65. The summed E-state index contributed by atoms with van der Waals surface area (Å²) in [7, 11) is 0. The molecular formula is C23H20FN3O3S2. The van der Waals surface area contributed by atoms with E-state index in [4.69, 9.17) is 9.40 Å². The fourth-order valence-corrected chi connectivity index (χ4v) is 6.05. The maximum Gasteiger partial charge on any atom is 0.267 e. The van der Waals surface area contributed by atoms with Crippen molar-refractivity contribution in [1.29, 1.82) is 0 Å². The number of furan rings is 1. The van der Waals surface area contributed by atoms with Crippen molar-refractivity contribution in [2.75, 3.05) is 5.75 Å². The first kappa shape index (κ1) is 21.0. The molecule has 0 spiro atoms. The first-order chi connectivity index (χ1) is 15.6. The normalized spacial score (nSPS) is 13.3. The quantitative estimate of drug-likeness (QED) is 0.333. The first-order valence-electron chi connectivity index (χ1n) is 10.4. The topological polar surface area (TPSA) is 77.1 Å². The third-order valence-electron chi connectivity index (χ3n) is 5.42. The molecular weight excluding hydrogens is 449 g/mol. The molecule has 0 saturated carbocycles. The van der Waals surface area contributed by atoms with Crippen LogP contribution >= 0.6 is 23.1 Å². The fraction of sp³-hybridized carbons (Fsp3) is 0.261. The summed E-state index contributed by atoms with van der Waals surface area (Å²) in [6, 6.07) is 9.67. The second kappa shape index (κ2) is 8.91. The van der Waals surface area contributed by atoms with Crippen LogP contribution in [0.15, 0.2) is 57.0 Å². The van der Waals surface area contributed by atoms with Crippen LogP contribution in [0.1, 0.15) is 29.0 Å². The van der Waals surface area contributed by atoms with Crippen LogP contribution < -0.4 is 10.9 Å². The lowest BCUT2D eigenvalue weighted by atomic mass is 9.97. The summed E-state index contributed by atoms with van der Waals surface area (Å²) in [5, 5.41) is 3.67. The van der Waals surface area contributed by atoms with E-state index in [0.29, 0.717) is 21.1 Å². The predicted molar refractivity (Wildman–Crippen MR) is 123 cm³/mol. The summed E-state index contributed by atoms with van der Waals surface area (Å²) < 4.78 is 21.2. The van der Waals surface area contributed by atoms with E-state index in [2.05, 4.69) is 5.32 Å². The van der Waals surface area contributed by atoms with Crippen LogP contribution in [0, 0.1) is 5.82 Å². The molecule has 5 rings (SSSR count). The minimum atomic E-state index is -0.510. The lowest BCUT2D eigenvalue weighted by Crippen LogP contribution is -2.26. The summed E-state index contributed by atoms with van der Waals surface area (Å²) in [4.78, 5) is 32.5. The number of nitrogens with one attached hydrogen (secondary N) is 1. The van der Waals surface area contributed by atoms with Crippen molar-refractivity contribution in [3.05, 3.63) is 75.0 Å². The molecule has 0 saturated heterocycles. The highest BCUT2D eigenvalue weighted by atomic mass is 32.2. The average molecular weight is 470 g/mol. The Morgan fingerprint density at radius 2 is 2.06 bits per heavy atom. The Balaban J connectivity index is 1.52. The summed E-state index contributed by atoms with van der Waals surface area (Å²) in [6.07, 6.45) is 5.45. The van der Waals surface area contributed by atoms with Crippen LogP contribution in [0.25, 0.3) is 15.9 Å². The van der Waals surface area contributed by atoms with E-state index in [1.807, 2.05) is 0 Å². The third-order valence-corrected chi connectivity index (χ3v) is 7.55. The van der Waals surface area contributed by atoms with Gasteiger partial charge in [0.2, 0.25) is 5.91 Å². The van der Waals surface area contributed by atoms with Gasteiger partial charge in [0.25, 0.3) is 5.56 Å². The van der Waals surface area contributed by atoms with Gasteiger partial charge in [-0.2, -0.15) is 0 Å². The van der Waals surface area contributed by atoms with Gasteiger partial charge in [0.15, 0.2) is 5.16 Å². The van der Waals surface area contributed by atoms with Crippen molar-refractivity contribution in [3.8, 4) is 5.69 Å². The number of benzene rings is 1. The number of halogens is 1. The summed E-state index contributed by atoms with van der Waals surface area (Å²) in [5.41, 5.74) is 0.908. The Kier molecular flexibility index (Phi) is 5.84. The minimum absolute atomic E-state index is 0.0399. The highest BCUT2D eigenvalue weighted by molar-refractivity contribution is 7.99. The van der Waals surface area contributed by atoms with Gasteiger partial charge >= 0.3 is 0 Å². The van der Waals surface area contributed by atoms with Crippen molar-refractivity contribution < 1.29 is 13.6 Å². The Labute approximate surface area is 191 Å². The van der Waals surface area contributed by atoms with E-state index in [1.54, 1.807) is 36.6 Å². The number of carbonyl (C=O) groups excluding carboxylic acids is 1. The van der Waals surface area contributed by atoms with Gasteiger partial charge in [0.1, 0.15) is 16.4 Å². The standard InChI is InChI=1S/C23H20FN3O3S2/c24-16-8-2-3-9-17(16)27-22(29)20-15-7-1-4-10-18(15)32-21(20)26-23(27)31-13-19(28)25-12-14-6-5-11-30-14/h2-3,5-6,8-9,11H,1,4,7,10,12-13H2,(H,25,28). The van der Waals surface area contributed by atoms with Gasteiger partial charge in [-0.25, -0.2) is 9.37 Å². The molecule has 1 aromatic carbocycles. The molecule has 1 aliphatic carbocycles. The molecule has 0 bridgehead atoms. The van der Waals surface area contributed by atoms with Crippen LogP contribution in [0.3, 0.4) is 0 Å². The van der Waals surface area contributed by atoms with E-state index in [-0.39, 0.29) is 29.5 Å². The van der Waals surface area contributed by atoms with Crippen LogP contribution in [0.2, 0.25) is 0 Å². The van der Waals surface area contributed by atoms with Crippen molar-refractivity contribution in [1.82, 2.24) is 14.9 Å². The summed E-state index contributed by atoms with van der Waals surface area (Å²) in [5.74, 6) is -0.0522. The second-order valence-electron chi connectivity index (χ2n) is 7.52. The molecule has 164 valence electrons. The molecule has 1 aliphatic rings. The number of amides is 1. The van der Waals surface area contributed by atoms with Crippen molar-refractivity contribution >= 4 is 39.2 Å². The number of hydrogen-bond acceptors (Lipinski definition) is 6. The zero-order valence-corrected chi connectivity index (χ0v) is 18.7. The Hall–Kier alpha value is -2.91. The van der Waals surface area contributed by atoms with E-state index in [0.717, 1.165) is 43.0 Å². The largest absolute Gasteiger partial charge is 0.467 e. The molecule has 6 nitrogen and oxygen atoms in total. The molecule has 9 heteroatoms. The summed E-state index contributed by atoms with van der Waals surface area (Å²) in [6.45, 7) is 0.274. The van der Waals surface area contributed by atoms with Crippen LogP contribution in [-0.2, 0) is 24.2 Å². The minimum Gasteiger partial charge on any atom is -0.467 e. The van der Waals surface area contributed by atoms with Gasteiger partial charge in [-0.15, -0.1) is 11.3 Å². The molecule has 0 unspecified atom stereocenters. The van der Waals surface area contributed by atoms with Gasteiger partial charge in [-0.05, 0) is 55.5 Å². The number of rotatable bonds is 6. The SMILES string of the molecule is O=C(CSc1nc2sc3c(c2c(=O)n1-c1ccccc1F)CCCC3)NCc1ccco1. The number of fused-ring (bicyclic) bond motifs is 3. The Morgan fingerprint density at radius 1 is 1.22 bits per heavy atom. The molecule has 4 aromatic rings. The molecule has 0 radical (unpaired) electrons. The van der Waals surface area contributed by atoms with Gasteiger partial charge < -0.3 is 9.73 Å². The highest BCUT2D eigenvalue weighted by Crippen LogP contribution is 2.35. The van der Waals surface area contributed by atoms with Crippen LogP contribution in [-0.4, -0.2) is 21.2 Å². The number of thiophene rings is 1. The molecule has 0 aliphatic heterocycles. The van der Waals surface area contributed by atoms with E-state index < -0.39 is 5.82 Å². The number of aryl methyl sites for hydroxylation is 2. The lowest BCUT2D eigenvalue weighted by Gasteiger charge is -2.14. The fourth-order valence-electron chi connectivity index (χ4n) is 3.91. The Bertz CT molecular complexity index is 1340. The molecule has 3 aromatic heterocycles. The van der Waals surface area contributed by atoms with E-state index >= 15 is 0 Å². The molecule has 1 amide bonds. The zero-order valence-electron chi connectivity index (χ0n) is 17.1. The highest BCUT2D eigenvalue weighted by Gasteiger charge is 2.24. The molecule has 0 fully saturated rings. The van der Waals surface area contributed by atoms with Crippen molar-refractivity contribution in [2.45, 2.75) is 37.4 Å². The van der Waals surface area contributed by atoms with Gasteiger partial charge in [-0.1, -0.05) is 23.9 Å². The second-order valence-corrected chi connectivity index (χ2v) is 9.55. The monoisotopic (exact) mass is 469 g/mol. The Morgan fingerprint density at radius 3 is 2.88 bits per heavy atom. The maximum absolute atomic E-state index is 14.7. The number of thioether (sulfide) groups is 1. The maximum atomic E-state index is 14.7. The van der Waals surface area contributed by atoms with E-state index in [9.17, 15) is 14.0 Å². The zero-order chi connectivity index (χ0) is 22.1. The molecule has 1 N–H and O–H groups in total. The molecule has 0 atom stereocenters. The first-order valence-corrected chi connectivity index (χ1v) is 12.2. The number of nitrogens with zero attached hydrogens (tertiary/aromatic N) is 2. The molecule has 3 heterocycles. The number of aromatic nitrogens is 2. The average Bonchev–Trinajstić information content (AvgIpc) is 3.44. The number of hydrogen-bond donors (Lipinski definition) is 1. The smallest absolute Gasteiger partial charge is 0.267 e. The van der Waals surface area contributed by atoms with Gasteiger partial charge in [0.05, 0.1) is 29.6 Å². The molecule has 32 heavy (non-hydrogen) atoms. The number of carbonyl (C=O) groups is 1. The van der Waals surface area contributed by atoms with Gasteiger partial charge in [-0.3, -0.25) is 14.2 Å². The third kappa shape index (κ3) is 3.98. The lowest BCUT2D eigenvalue weighted by molar-refractivity contribution is -0.118.